The number of hydrogen-bond donors (Lipinski definition) is 2. The average molecular weight is 332 g/mol. The molecule has 0 fully saturated rings. The van der Waals surface area contributed by atoms with E-state index in [1.54, 1.807) is 6.20 Å². The summed E-state index contributed by atoms with van der Waals surface area (Å²) in [5.41, 5.74) is 0.778. The van der Waals surface area contributed by atoms with Gasteiger partial charge in [0.1, 0.15) is 0 Å². The summed E-state index contributed by atoms with van der Waals surface area (Å²) in [6.07, 6.45) is 2.07. The first kappa shape index (κ1) is 17.8. The Hall–Kier alpha value is -0.266. The van der Waals surface area contributed by atoms with Crippen LogP contribution in [0.4, 0.5) is 0 Å². The van der Waals surface area contributed by atoms with Gasteiger partial charge in [0.15, 0.2) is 0 Å². The molecule has 114 valence electrons. The molecule has 0 saturated carbocycles. The molecule has 4 nitrogen and oxygen atoms in total. The Morgan fingerprint density at radius 3 is 1.90 bits per heavy atom. The fraction of sp³-hybridized carbons (Fsp3) is 0.615. The van der Waals surface area contributed by atoms with E-state index in [0.717, 1.165) is 5.69 Å². The van der Waals surface area contributed by atoms with Gasteiger partial charge in [0.05, 0.1) is 20.6 Å². The molecule has 0 aliphatic rings. The van der Waals surface area contributed by atoms with E-state index in [9.17, 15) is 14.4 Å². The molecule has 0 aliphatic heterocycles. The van der Waals surface area contributed by atoms with Crippen LogP contribution in [0.2, 0.25) is 39.3 Å². The van der Waals surface area contributed by atoms with Crippen molar-refractivity contribution < 1.29 is 14.4 Å². The van der Waals surface area contributed by atoms with Crippen LogP contribution in [-0.4, -0.2) is 35.3 Å². The van der Waals surface area contributed by atoms with Crippen LogP contribution in [-0.2, 0) is 11.0 Å². The van der Waals surface area contributed by atoms with Crippen molar-refractivity contribution in [3.8, 4) is 0 Å². The van der Waals surface area contributed by atoms with Crippen molar-refractivity contribution in [2.45, 2.75) is 50.1 Å². The van der Waals surface area contributed by atoms with Gasteiger partial charge in [-0.1, -0.05) is 45.3 Å². The van der Waals surface area contributed by atoms with Gasteiger partial charge in [-0.15, -0.1) is 0 Å². The fourth-order valence-electron chi connectivity index (χ4n) is 3.40. The standard InChI is InChI=1S/C13H26NO3PSi2/c1-19(2,3)13(18(15,16)17,20(4,5)6)11-12-9-7-8-10-14-12/h7-10H,11H2,1-6H3,(H2,15,16,17). The predicted octanol–water partition coefficient (Wildman–Crippen LogP) is 3.30. The van der Waals surface area contributed by atoms with Crippen LogP contribution in [0, 0.1) is 0 Å². The van der Waals surface area contributed by atoms with Crippen LogP contribution in [0.1, 0.15) is 5.69 Å². The van der Waals surface area contributed by atoms with Crippen molar-refractivity contribution in [3.63, 3.8) is 0 Å². The highest BCUT2D eigenvalue weighted by atomic mass is 31.2. The maximum absolute atomic E-state index is 12.5. The summed E-state index contributed by atoms with van der Waals surface area (Å²) in [6.45, 7) is 12.4. The van der Waals surface area contributed by atoms with Gasteiger partial charge in [0.2, 0.25) is 0 Å². The molecule has 1 aromatic heterocycles. The number of aromatic nitrogens is 1. The summed E-state index contributed by atoms with van der Waals surface area (Å²) in [7, 11) is -8.50. The Balaban J connectivity index is 3.52. The number of hydrogen-bond acceptors (Lipinski definition) is 2. The molecule has 0 bridgehead atoms. The Morgan fingerprint density at radius 1 is 1.10 bits per heavy atom. The Morgan fingerprint density at radius 2 is 1.60 bits per heavy atom. The molecule has 1 rings (SSSR count). The molecular weight excluding hydrogens is 305 g/mol. The Labute approximate surface area is 123 Å². The van der Waals surface area contributed by atoms with Gasteiger partial charge in [0.25, 0.3) is 0 Å². The number of pyridine rings is 1. The third kappa shape index (κ3) is 3.15. The van der Waals surface area contributed by atoms with Crippen LogP contribution < -0.4 is 0 Å². The third-order valence-electron chi connectivity index (χ3n) is 4.14. The SMILES string of the molecule is C[Si](C)(C)C(Cc1ccccn1)([Si](C)(C)C)P(=O)(O)O. The van der Waals surface area contributed by atoms with Crippen molar-refractivity contribution in [2.75, 3.05) is 0 Å². The smallest absolute Gasteiger partial charge is 0.324 e. The van der Waals surface area contributed by atoms with Crippen LogP contribution >= 0.6 is 7.60 Å². The van der Waals surface area contributed by atoms with Crippen LogP contribution in [0.15, 0.2) is 24.4 Å². The molecule has 2 N–H and O–H groups in total. The maximum Gasteiger partial charge on any atom is 0.326 e. The zero-order valence-corrected chi connectivity index (χ0v) is 16.1. The van der Waals surface area contributed by atoms with Crippen LogP contribution in [0.3, 0.4) is 0 Å². The molecule has 0 aliphatic carbocycles. The first-order chi connectivity index (χ1) is 8.83. The zero-order valence-electron chi connectivity index (χ0n) is 13.2. The second kappa shape index (κ2) is 5.50. The Kier molecular flexibility index (Phi) is 4.89. The quantitative estimate of drug-likeness (QED) is 0.641. The van der Waals surface area contributed by atoms with Gasteiger partial charge in [-0.05, 0) is 12.1 Å². The van der Waals surface area contributed by atoms with Gasteiger partial charge >= 0.3 is 7.60 Å². The van der Waals surface area contributed by atoms with E-state index < -0.39 is 28.1 Å². The highest BCUT2D eigenvalue weighted by Crippen LogP contribution is 2.60. The summed E-state index contributed by atoms with van der Waals surface area (Å²) < 4.78 is 11.6. The van der Waals surface area contributed by atoms with E-state index in [-0.39, 0.29) is 0 Å². The van der Waals surface area contributed by atoms with Crippen molar-refractivity contribution in [3.05, 3.63) is 30.1 Å². The summed E-state index contributed by atoms with van der Waals surface area (Å²) in [5.74, 6) is 0. The molecule has 0 radical (unpaired) electrons. The number of rotatable bonds is 5. The van der Waals surface area contributed by atoms with Crippen molar-refractivity contribution in [1.29, 1.82) is 0 Å². The molecule has 0 saturated heterocycles. The fourth-order valence-corrected chi connectivity index (χ4v) is 21.2. The van der Waals surface area contributed by atoms with Gasteiger partial charge in [-0.3, -0.25) is 9.55 Å². The predicted molar refractivity (Wildman–Crippen MR) is 89.4 cm³/mol. The topological polar surface area (TPSA) is 70.4 Å². The largest absolute Gasteiger partial charge is 0.326 e. The zero-order chi connectivity index (χ0) is 15.8. The van der Waals surface area contributed by atoms with Gasteiger partial charge in [0, 0.05) is 18.3 Å². The first-order valence-electron chi connectivity index (χ1n) is 6.78. The third-order valence-corrected chi connectivity index (χ3v) is 20.9. The summed E-state index contributed by atoms with van der Waals surface area (Å²) >= 11 is 0. The lowest BCUT2D eigenvalue weighted by Crippen LogP contribution is -2.67. The molecule has 20 heavy (non-hydrogen) atoms. The van der Waals surface area contributed by atoms with Crippen LogP contribution in [0.5, 0.6) is 0 Å². The molecule has 0 amide bonds. The first-order valence-corrected chi connectivity index (χ1v) is 15.4. The molecule has 0 unspecified atom stereocenters. The summed E-state index contributed by atoms with van der Waals surface area (Å²) in [4.78, 5) is 24.7. The minimum Gasteiger partial charge on any atom is -0.324 e. The van der Waals surface area contributed by atoms with Gasteiger partial charge in [-0.25, -0.2) is 0 Å². The monoisotopic (exact) mass is 331 g/mol. The molecule has 0 atom stereocenters. The van der Waals surface area contributed by atoms with Gasteiger partial charge < -0.3 is 9.79 Å². The van der Waals surface area contributed by atoms with E-state index in [1.165, 1.54) is 0 Å². The van der Waals surface area contributed by atoms with E-state index in [2.05, 4.69) is 44.3 Å². The highest BCUT2D eigenvalue weighted by molar-refractivity contribution is 7.62. The van der Waals surface area contributed by atoms with Gasteiger partial charge in [-0.2, -0.15) is 0 Å². The molecule has 7 heteroatoms. The van der Waals surface area contributed by atoms with E-state index in [4.69, 9.17) is 0 Å². The van der Waals surface area contributed by atoms with Crippen molar-refractivity contribution in [2.24, 2.45) is 0 Å². The normalized spacial score (nSPS) is 14.4. The molecule has 1 aromatic rings. The molecule has 0 spiro atoms. The lowest BCUT2D eigenvalue weighted by molar-refractivity contribution is 0.359. The van der Waals surface area contributed by atoms with E-state index >= 15 is 0 Å². The second-order valence-electron chi connectivity index (χ2n) is 7.40. The van der Waals surface area contributed by atoms with E-state index in [0.29, 0.717) is 6.42 Å². The molecule has 1 heterocycles. The lowest BCUT2D eigenvalue weighted by atomic mass is 10.3. The molecule has 0 aromatic carbocycles. The second-order valence-corrected chi connectivity index (χ2v) is 21.3. The lowest BCUT2D eigenvalue weighted by Gasteiger charge is -2.51. The average Bonchev–Trinajstić information content (AvgIpc) is 2.22. The highest BCUT2D eigenvalue weighted by Gasteiger charge is 2.63. The molecular formula is C13H26NO3PSi2. The van der Waals surface area contributed by atoms with Crippen LogP contribution in [0.25, 0.3) is 0 Å². The maximum atomic E-state index is 12.5. The van der Waals surface area contributed by atoms with E-state index in [1.807, 2.05) is 18.2 Å². The van der Waals surface area contributed by atoms with Crippen molar-refractivity contribution >= 4 is 23.7 Å². The minimum atomic E-state index is -4.23. The van der Waals surface area contributed by atoms with Crippen molar-refractivity contribution in [1.82, 2.24) is 4.98 Å². The summed E-state index contributed by atoms with van der Waals surface area (Å²) in [5, 5.41) is 0. The number of nitrogens with zero attached hydrogens (tertiary/aromatic N) is 1. The Bertz CT molecular complexity index is 489. The summed E-state index contributed by atoms with van der Waals surface area (Å²) in [6, 6.07) is 5.57. The minimum absolute atomic E-state index is 0.379.